The van der Waals surface area contributed by atoms with Gasteiger partial charge in [0, 0.05) is 37.1 Å². The van der Waals surface area contributed by atoms with Crippen LogP contribution in [0.3, 0.4) is 0 Å². The van der Waals surface area contributed by atoms with Crippen LogP contribution in [0.4, 0.5) is 5.69 Å². The number of amides is 1. The minimum Gasteiger partial charge on any atom is -0.495 e. The van der Waals surface area contributed by atoms with Gasteiger partial charge in [-0.1, -0.05) is 30.9 Å². The molecule has 1 N–H and O–H groups in total. The summed E-state index contributed by atoms with van der Waals surface area (Å²) in [5, 5.41) is 4.48. The zero-order valence-electron chi connectivity index (χ0n) is 15.2. The Morgan fingerprint density at radius 2 is 1.81 bits per heavy atom. The zero-order chi connectivity index (χ0) is 18.5. The van der Waals surface area contributed by atoms with Gasteiger partial charge in [0.15, 0.2) is 5.11 Å². The fourth-order valence-electron chi connectivity index (χ4n) is 3.71. The van der Waals surface area contributed by atoms with Gasteiger partial charge in [0.2, 0.25) is 5.91 Å². The Balaban J connectivity index is 1.53. The Morgan fingerprint density at radius 1 is 1.15 bits per heavy atom. The summed E-state index contributed by atoms with van der Waals surface area (Å²) in [4.78, 5) is 16.8. The number of nitrogens with one attached hydrogen (secondary N) is 1. The highest BCUT2D eigenvalue weighted by atomic mass is 35.5. The number of carbonyl (C=O) groups excluding carboxylic acids is 1. The van der Waals surface area contributed by atoms with Gasteiger partial charge in [-0.3, -0.25) is 4.79 Å². The van der Waals surface area contributed by atoms with E-state index in [-0.39, 0.29) is 5.92 Å². The molecule has 0 unspecified atom stereocenters. The van der Waals surface area contributed by atoms with E-state index in [0.29, 0.717) is 21.8 Å². The first-order valence-electron chi connectivity index (χ1n) is 9.26. The number of nitrogens with zero attached hydrogens (tertiary/aromatic N) is 2. The Morgan fingerprint density at radius 3 is 2.46 bits per heavy atom. The van der Waals surface area contributed by atoms with Gasteiger partial charge in [-0.2, -0.15) is 0 Å². The fourth-order valence-corrected chi connectivity index (χ4v) is 4.17. The molecule has 0 radical (unpaired) electrons. The molecule has 1 aromatic carbocycles. The maximum Gasteiger partial charge on any atom is 0.225 e. The summed E-state index contributed by atoms with van der Waals surface area (Å²) >= 11 is 11.6. The first-order chi connectivity index (χ1) is 12.6. The number of benzene rings is 1. The van der Waals surface area contributed by atoms with Crippen LogP contribution in [0.2, 0.25) is 5.02 Å². The molecule has 26 heavy (non-hydrogen) atoms. The summed E-state index contributed by atoms with van der Waals surface area (Å²) in [6.45, 7) is 2.94. The lowest BCUT2D eigenvalue weighted by molar-refractivity contribution is -0.137. The predicted octanol–water partition coefficient (Wildman–Crippen LogP) is 3.77. The summed E-state index contributed by atoms with van der Waals surface area (Å²) in [5.74, 6) is 1.26. The molecule has 5 nitrogen and oxygen atoms in total. The molecule has 1 aromatic rings. The molecule has 1 amide bonds. The zero-order valence-corrected chi connectivity index (χ0v) is 16.7. The predicted molar refractivity (Wildman–Crippen MR) is 109 cm³/mol. The van der Waals surface area contributed by atoms with Crippen molar-refractivity contribution < 1.29 is 9.53 Å². The molecule has 3 rings (SSSR count). The summed E-state index contributed by atoms with van der Waals surface area (Å²) in [7, 11) is 1.62. The van der Waals surface area contributed by atoms with Crippen LogP contribution in [0.5, 0.6) is 5.75 Å². The lowest BCUT2D eigenvalue weighted by Gasteiger charge is -2.38. The van der Waals surface area contributed by atoms with Crippen molar-refractivity contribution in [1.29, 1.82) is 0 Å². The van der Waals surface area contributed by atoms with Crippen LogP contribution in [0.15, 0.2) is 18.2 Å². The van der Waals surface area contributed by atoms with E-state index >= 15 is 0 Å². The number of ether oxygens (including phenoxy) is 1. The van der Waals surface area contributed by atoms with Gasteiger partial charge in [0.1, 0.15) is 5.75 Å². The second kappa shape index (κ2) is 8.91. The number of methoxy groups -OCH3 is 1. The lowest BCUT2D eigenvalue weighted by atomic mass is 9.88. The molecule has 0 bridgehead atoms. The third-order valence-corrected chi connectivity index (χ3v) is 5.83. The Hall–Kier alpha value is -1.53. The number of rotatable bonds is 3. The van der Waals surface area contributed by atoms with Gasteiger partial charge in [-0.15, -0.1) is 0 Å². The van der Waals surface area contributed by atoms with Crippen LogP contribution >= 0.6 is 23.8 Å². The van der Waals surface area contributed by atoms with E-state index in [1.165, 1.54) is 19.3 Å². The molecule has 142 valence electrons. The second-order valence-corrected chi connectivity index (χ2v) is 7.75. The smallest absolute Gasteiger partial charge is 0.225 e. The molecule has 0 spiro atoms. The standard InChI is InChI=1S/C19H26ClN3O2S/c1-25-17-8-7-15(20)13-16(17)21-19(26)23-11-9-22(10-12-23)18(24)14-5-3-2-4-6-14/h7-8,13-14H,2-6,9-12H2,1H3,(H,21,26). The quantitative estimate of drug-likeness (QED) is 0.789. The lowest BCUT2D eigenvalue weighted by Crippen LogP contribution is -2.53. The number of anilines is 1. The molecule has 2 fully saturated rings. The molecule has 1 saturated carbocycles. The average molecular weight is 396 g/mol. The topological polar surface area (TPSA) is 44.8 Å². The van der Waals surface area contributed by atoms with Crippen molar-refractivity contribution in [3.8, 4) is 5.75 Å². The third kappa shape index (κ3) is 4.60. The van der Waals surface area contributed by atoms with E-state index in [4.69, 9.17) is 28.6 Å². The normalized spacial score (nSPS) is 18.5. The molecule has 1 aliphatic carbocycles. The number of hydrogen-bond donors (Lipinski definition) is 1. The molecular weight excluding hydrogens is 370 g/mol. The monoisotopic (exact) mass is 395 g/mol. The minimum atomic E-state index is 0.232. The van der Waals surface area contributed by atoms with Crippen LogP contribution < -0.4 is 10.1 Å². The van der Waals surface area contributed by atoms with Crippen molar-refractivity contribution in [2.24, 2.45) is 5.92 Å². The molecule has 0 aromatic heterocycles. The van der Waals surface area contributed by atoms with Crippen LogP contribution in [0.1, 0.15) is 32.1 Å². The van der Waals surface area contributed by atoms with Gasteiger partial charge in [-0.25, -0.2) is 0 Å². The summed E-state index contributed by atoms with van der Waals surface area (Å²) in [6.07, 6.45) is 5.74. The summed E-state index contributed by atoms with van der Waals surface area (Å²) < 4.78 is 5.35. The molecular formula is C19H26ClN3O2S. The number of carbonyl (C=O) groups is 1. The van der Waals surface area contributed by atoms with Crippen LogP contribution in [0.25, 0.3) is 0 Å². The first kappa shape index (κ1) is 19.2. The summed E-state index contributed by atoms with van der Waals surface area (Å²) in [6, 6.07) is 5.40. The Kier molecular flexibility index (Phi) is 6.59. The van der Waals surface area contributed by atoms with Crippen molar-refractivity contribution in [2.45, 2.75) is 32.1 Å². The van der Waals surface area contributed by atoms with E-state index in [0.717, 1.165) is 44.7 Å². The van der Waals surface area contributed by atoms with Crippen LogP contribution in [-0.4, -0.2) is 54.1 Å². The van der Waals surface area contributed by atoms with Crippen molar-refractivity contribution in [1.82, 2.24) is 9.80 Å². The maximum absolute atomic E-state index is 12.7. The molecule has 0 atom stereocenters. The Bertz CT molecular complexity index is 656. The van der Waals surface area contributed by atoms with Gasteiger partial charge in [0.05, 0.1) is 12.8 Å². The van der Waals surface area contributed by atoms with Crippen molar-refractivity contribution in [3.63, 3.8) is 0 Å². The largest absolute Gasteiger partial charge is 0.495 e. The second-order valence-electron chi connectivity index (χ2n) is 6.92. The molecule has 1 heterocycles. The van der Waals surface area contributed by atoms with E-state index < -0.39 is 0 Å². The number of halogens is 1. The van der Waals surface area contributed by atoms with Gasteiger partial charge in [-0.05, 0) is 43.3 Å². The van der Waals surface area contributed by atoms with Crippen LogP contribution in [-0.2, 0) is 4.79 Å². The van der Waals surface area contributed by atoms with Gasteiger partial charge < -0.3 is 19.9 Å². The first-order valence-corrected chi connectivity index (χ1v) is 10.1. The van der Waals surface area contributed by atoms with Crippen molar-refractivity contribution in [2.75, 3.05) is 38.6 Å². The molecule has 7 heteroatoms. The minimum absolute atomic E-state index is 0.232. The Labute approximate surface area is 165 Å². The molecule has 1 aliphatic heterocycles. The fraction of sp³-hybridized carbons (Fsp3) is 0.579. The molecule has 2 aliphatic rings. The SMILES string of the molecule is COc1ccc(Cl)cc1NC(=S)N1CCN(C(=O)C2CCCCC2)CC1. The number of hydrogen-bond acceptors (Lipinski definition) is 3. The highest BCUT2D eigenvalue weighted by molar-refractivity contribution is 7.80. The maximum atomic E-state index is 12.7. The van der Waals surface area contributed by atoms with Crippen molar-refractivity contribution in [3.05, 3.63) is 23.2 Å². The molecule has 1 saturated heterocycles. The van der Waals surface area contributed by atoms with Gasteiger partial charge >= 0.3 is 0 Å². The van der Waals surface area contributed by atoms with E-state index in [9.17, 15) is 4.79 Å². The van der Waals surface area contributed by atoms with E-state index in [2.05, 4.69) is 10.2 Å². The van der Waals surface area contributed by atoms with E-state index in [1.807, 2.05) is 11.0 Å². The van der Waals surface area contributed by atoms with Crippen LogP contribution in [0, 0.1) is 5.92 Å². The third-order valence-electron chi connectivity index (χ3n) is 5.24. The van der Waals surface area contributed by atoms with Crippen molar-refractivity contribution >= 4 is 40.5 Å². The van der Waals surface area contributed by atoms with E-state index in [1.54, 1.807) is 19.2 Å². The highest BCUT2D eigenvalue weighted by Crippen LogP contribution is 2.28. The summed E-state index contributed by atoms with van der Waals surface area (Å²) in [5.41, 5.74) is 0.755. The highest BCUT2D eigenvalue weighted by Gasteiger charge is 2.29. The van der Waals surface area contributed by atoms with Gasteiger partial charge in [0.25, 0.3) is 0 Å². The number of piperazine rings is 1. The number of thiocarbonyl (C=S) groups is 1. The average Bonchev–Trinajstić information content (AvgIpc) is 2.68.